The van der Waals surface area contributed by atoms with Crippen molar-refractivity contribution in [3.05, 3.63) is 84.6 Å². The Morgan fingerprint density at radius 2 is 1.48 bits per heavy atom. The first-order chi connectivity index (χ1) is 14.8. The molecule has 5 rings (SSSR count). The van der Waals surface area contributed by atoms with Crippen molar-refractivity contribution >= 4 is 39.6 Å². The maximum atomic E-state index is 6.66. The van der Waals surface area contributed by atoms with Gasteiger partial charge in [-0.25, -0.2) is 0 Å². The topological polar surface area (TPSA) is 17.0 Å². The number of hydrogen-bond donors (Lipinski definition) is 0. The molecule has 0 atom stereocenters. The average Bonchev–Trinajstić information content (AvgIpc) is 3.12. The van der Waals surface area contributed by atoms with Crippen molar-refractivity contribution in [2.45, 2.75) is 24.2 Å². The Kier molecular flexibility index (Phi) is 4.78. The van der Waals surface area contributed by atoms with Crippen LogP contribution in [-0.4, -0.2) is 13.3 Å². The van der Waals surface area contributed by atoms with E-state index >= 15 is 0 Å². The second kappa shape index (κ2) is 7.38. The molecule has 0 amide bonds. The maximum absolute atomic E-state index is 6.66. The quantitative estimate of drug-likeness (QED) is 0.216. The molecule has 0 fully saturated rings. The minimum absolute atomic E-state index is 0.963. The molecule has 3 heteroatoms. The second-order valence-electron chi connectivity index (χ2n) is 9.44. The fourth-order valence-electron chi connectivity index (χ4n) is 4.44. The summed E-state index contributed by atoms with van der Waals surface area (Å²) in [6, 6.07) is 26.3. The number of rotatable bonds is 3. The van der Waals surface area contributed by atoms with Crippen LogP contribution in [-0.2, 0) is 7.05 Å². The molecule has 2 nitrogen and oxygen atoms in total. The third kappa shape index (κ3) is 3.39. The van der Waals surface area contributed by atoms with Crippen LogP contribution in [0.5, 0.6) is 0 Å². The van der Waals surface area contributed by atoms with Gasteiger partial charge in [0.1, 0.15) is 0 Å². The second-order valence-corrected chi connectivity index (χ2v) is 20.1. The van der Waals surface area contributed by atoms with E-state index in [9.17, 15) is 0 Å². The molecule has 154 valence electrons. The Bertz CT molecular complexity index is 1420. The Morgan fingerprint density at radius 3 is 2.19 bits per heavy atom. The molecule has 31 heavy (non-hydrogen) atoms. The molecule has 0 unspecified atom stereocenters. The van der Waals surface area contributed by atoms with E-state index in [-0.39, 0.29) is 0 Å². The Morgan fingerprint density at radius 1 is 0.742 bits per heavy atom. The number of aryl methyl sites for hydroxylation is 2. The van der Waals surface area contributed by atoms with E-state index in [0.29, 0.717) is 0 Å². The number of furan rings is 1. The predicted octanol–water partition coefficient (Wildman–Crippen LogP) is 6.60. The van der Waals surface area contributed by atoms with Crippen LogP contribution in [0, 0.1) is 6.92 Å². The summed E-state index contributed by atoms with van der Waals surface area (Å²) in [6.07, 6.45) is 2.09. The molecule has 2 heterocycles. The standard InChI is InChI=1S/C28H28GeNO/c1-19-12-17-24-23-10-8-9-22(20-13-15-21(16-14-20)29(2,3)4)27(23)31-28(24)26(19)25-11-6-7-18-30(25)5/h6-18H,1-5H3/q+1. The minimum atomic E-state index is -1.83. The molecule has 0 saturated carbocycles. The molecule has 0 N–H and O–H groups in total. The van der Waals surface area contributed by atoms with Crippen molar-refractivity contribution in [1.29, 1.82) is 0 Å². The van der Waals surface area contributed by atoms with Crippen molar-refractivity contribution in [3.8, 4) is 22.4 Å². The van der Waals surface area contributed by atoms with Crippen molar-refractivity contribution in [2.24, 2.45) is 7.05 Å². The predicted molar refractivity (Wildman–Crippen MR) is 133 cm³/mol. The molecule has 0 aliphatic rings. The number of benzene rings is 3. The number of hydrogen-bond acceptors (Lipinski definition) is 1. The Hall–Kier alpha value is -2.85. The van der Waals surface area contributed by atoms with E-state index in [2.05, 4.69) is 115 Å². The summed E-state index contributed by atoms with van der Waals surface area (Å²) in [7, 11) is 2.09. The number of fused-ring (bicyclic) bond motifs is 3. The monoisotopic (exact) mass is 468 g/mol. The molecular weight excluding hydrogens is 439 g/mol. The van der Waals surface area contributed by atoms with Crippen molar-refractivity contribution in [3.63, 3.8) is 0 Å². The summed E-state index contributed by atoms with van der Waals surface area (Å²) >= 11 is -1.83. The van der Waals surface area contributed by atoms with Crippen molar-refractivity contribution in [2.75, 3.05) is 0 Å². The first kappa shape index (κ1) is 20.1. The van der Waals surface area contributed by atoms with Crippen LogP contribution in [0.4, 0.5) is 0 Å². The summed E-state index contributed by atoms with van der Waals surface area (Å²) in [5.74, 6) is 7.30. The van der Waals surface area contributed by atoms with E-state index in [0.717, 1.165) is 22.4 Å². The third-order valence-corrected chi connectivity index (χ3v) is 10.6. The van der Waals surface area contributed by atoms with Crippen LogP contribution >= 0.6 is 0 Å². The van der Waals surface area contributed by atoms with Gasteiger partial charge in [0.2, 0.25) is 0 Å². The average molecular weight is 467 g/mol. The van der Waals surface area contributed by atoms with Gasteiger partial charge in [0.05, 0.1) is 0 Å². The van der Waals surface area contributed by atoms with Gasteiger partial charge < -0.3 is 0 Å². The fraction of sp³-hybridized carbons (Fsp3) is 0.179. The molecule has 0 aliphatic carbocycles. The summed E-state index contributed by atoms with van der Waals surface area (Å²) in [6.45, 7) is 2.16. The van der Waals surface area contributed by atoms with Gasteiger partial charge in [0.15, 0.2) is 0 Å². The molecule has 2 aromatic heterocycles. The van der Waals surface area contributed by atoms with Crippen LogP contribution in [0.2, 0.25) is 17.3 Å². The van der Waals surface area contributed by atoms with Gasteiger partial charge in [-0.2, -0.15) is 0 Å². The van der Waals surface area contributed by atoms with Gasteiger partial charge in [0.25, 0.3) is 0 Å². The van der Waals surface area contributed by atoms with Gasteiger partial charge in [-0.3, -0.25) is 0 Å². The van der Waals surface area contributed by atoms with Crippen molar-refractivity contribution in [1.82, 2.24) is 0 Å². The molecule has 0 radical (unpaired) electrons. The van der Waals surface area contributed by atoms with Gasteiger partial charge in [-0.15, -0.1) is 0 Å². The SMILES string of the molecule is Cc1ccc2c(oc3c(-c4cc[c]([Ge]([CH3])([CH3])[CH3])cc4)cccc32)c1-c1cccc[n+]1C. The van der Waals surface area contributed by atoms with Crippen LogP contribution in [0.15, 0.2) is 83.4 Å². The van der Waals surface area contributed by atoms with Gasteiger partial charge in [-0.1, -0.05) is 0 Å². The van der Waals surface area contributed by atoms with Crippen LogP contribution < -0.4 is 8.96 Å². The van der Waals surface area contributed by atoms with E-state index in [1.165, 1.54) is 31.9 Å². The van der Waals surface area contributed by atoms with Gasteiger partial charge in [-0.05, 0) is 0 Å². The zero-order valence-corrected chi connectivity index (χ0v) is 21.0. The molecular formula is C28H28GeNO+. The summed E-state index contributed by atoms with van der Waals surface area (Å²) in [4.78, 5) is 0. The molecule has 0 aliphatic heterocycles. The van der Waals surface area contributed by atoms with E-state index < -0.39 is 13.3 Å². The molecule has 3 aromatic carbocycles. The number of nitrogens with zero attached hydrogens (tertiary/aromatic N) is 1. The zero-order chi connectivity index (χ0) is 21.8. The number of pyridine rings is 1. The van der Waals surface area contributed by atoms with E-state index in [4.69, 9.17) is 4.42 Å². The summed E-state index contributed by atoms with van der Waals surface area (Å²) in [5, 5.41) is 2.34. The fourth-order valence-corrected chi connectivity index (χ4v) is 6.89. The molecule has 5 aromatic rings. The van der Waals surface area contributed by atoms with Gasteiger partial charge >= 0.3 is 181 Å². The third-order valence-electron chi connectivity index (χ3n) is 6.25. The first-order valence-electron chi connectivity index (χ1n) is 10.9. The van der Waals surface area contributed by atoms with Crippen LogP contribution in [0.25, 0.3) is 44.3 Å². The first-order valence-corrected chi connectivity index (χ1v) is 18.2. The summed E-state index contributed by atoms with van der Waals surface area (Å²) in [5.41, 5.74) is 7.84. The summed E-state index contributed by atoms with van der Waals surface area (Å²) < 4.78 is 10.3. The Balaban J connectivity index is 1.77. The van der Waals surface area contributed by atoms with Gasteiger partial charge in [0, 0.05) is 6.07 Å². The molecule has 0 saturated heterocycles. The molecule has 0 bridgehead atoms. The number of aromatic nitrogens is 1. The van der Waals surface area contributed by atoms with Crippen molar-refractivity contribution < 1.29 is 8.98 Å². The number of para-hydroxylation sites is 1. The Labute approximate surface area is 186 Å². The van der Waals surface area contributed by atoms with E-state index in [1.54, 1.807) is 0 Å². The zero-order valence-electron chi connectivity index (χ0n) is 18.9. The normalized spacial score (nSPS) is 12.0. The van der Waals surface area contributed by atoms with Crippen LogP contribution in [0.3, 0.4) is 0 Å². The van der Waals surface area contributed by atoms with E-state index in [1.807, 2.05) is 0 Å². The van der Waals surface area contributed by atoms with Crippen LogP contribution in [0.1, 0.15) is 5.56 Å². The molecule has 0 spiro atoms.